The number of carbonyl (C=O) groups is 1. The van der Waals surface area contributed by atoms with Crippen molar-refractivity contribution in [3.05, 3.63) is 17.0 Å². The van der Waals surface area contributed by atoms with Crippen molar-refractivity contribution in [2.75, 3.05) is 18.1 Å². The number of aromatic nitrogens is 1. The Bertz CT molecular complexity index is 436. The van der Waals surface area contributed by atoms with Crippen molar-refractivity contribution >= 4 is 17.7 Å². The third-order valence-electron chi connectivity index (χ3n) is 3.53. The maximum absolute atomic E-state index is 12.0. The number of nitrogens with zero attached hydrogens (tertiary/aromatic N) is 1. The SMILES string of the molecule is Cc1noc(C)c1CC(C)NC(=O)CC1CSCCN1. The zero-order valence-electron chi connectivity index (χ0n) is 12.4. The summed E-state index contributed by atoms with van der Waals surface area (Å²) in [7, 11) is 0. The van der Waals surface area contributed by atoms with Gasteiger partial charge in [0.05, 0.1) is 5.69 Å². The maximum Gasteiger partial charge on any atom is 0.221 e. The molecule has 0 aromatic carbocycles. The molecule has 6 heteroatoms. The van der Waals surface area contributed by atoms with Crippen molar-refractivity contribution in [1.82, 2.24) is 15.8 Å². The highest BCUT2D eigenvalue weighted by Gasteiger charge is 2.19. The van der Waals surface area contributed by atoms with Gasteiger partial charge in [-0.25, -0.2) is 0 Å². The van der Waals surface area contributed by atoms with Crippen LogP contribution in [0.1, 0.15) is 30.4 Å². The Morgan fingerprint density at radius 1 is 1.60 bits per heavy atom. The molecule has 0 radical (unpaired) electrons. The summed E-state index contributed by atoms with van der Waals surface area (Å²) in [5.41, 5.74) is 2.01. The van der Waals surface area contributed by atoms with Crippen molar-refractivity contribution < 1.29 is 9.32 Å². The van der Waals surface area contributed by atoms with Gasteiger partial charge < -0.3 is 15.2 Å². The highest BCUT2D eigenvalue weighted by atomic mass is 32.2. The first-order chi connectivity index (χ1) is 9.56. The van der Waals surface area contributed by atoms with Gasteiger partial charge in [-0.2, -0.15) is 11.8 Å². The molecule has 0 saturated carbocycles. The molecule has 1 saturated heterocycles. The van der Waals surface area contributed by atoms with E-state index in [-0.39, 0.29) is 11.9 Å². The van der Waals surface area contributed by atoms with E-state index >= 15 is 0 Å². The number of aryl methyl sites for hydroxylation is 2. The number of rotatable bonds is 5. The van der Waals surface area contributed by atoms with E-state index in [0.717, 1.165) is 41.5 Å². The first-order valence-corrected chi connectivity index (χ1v) is 8.24. The van der Waals surface area contributed by atoms with Gasteiger partial charge in [0, 0.05) is 42.1 Å². The molecular formula is C14H23N3O2S. The minimum atomic E-state index is 0.0931. The highest BCUT2D eigenvalue weighted by Crippen LogP contribution is 2.15. The molecule has 1 aliphatic heterocycles. The maximum atomic E-state index is 12.0. The van der Waals surface area contributed by atoms with Gasteiger partial charge in [0.2, 0.25) is 5.91 Å². The molecule has 2 atom stereocenters. The van der Waals surface area contributed by atoms with Crippen LogP contribution in [0.4, 0.5) is 0 Å². The Labute approximate surface area is 124 Å². The molecule has 1 amide bonds. The smallest absolute Gasteiger partial charge is 0.221 e. The van der Waals surface area contributed by atoms with E-state index < -0.39 is 0 Å². The number of carbonyl (C=O) groups excluding carboxylic acids is 1. The molecule has 5 nitrogen and oxygen atoms in total. The quantitative estimate of drug-likeness (QED) is 0.861. The molecule has 1 aliphatic rings. The fourth-order valence-corrected chi connectivity index (χ4v) is 3.41. The van der Waals surface area contributed by atoms with Crippen LogP contribution in [0.2, 0.25) is 0 Å². The molecule has 112 valence electrons. The monoisotopic (exact) mass is 297 g/mol. The Balaban J connectivity index is 1.78. The summed E-state index contributed by atoms with van der Waals surface area (Å²) >= 11 is 1.91. The normalized spacial score (nSPS) is 20.6. The predicted molar refractivity (Wildman–Crippen MR) is 81.0 cm³/mol. The summed E-state index contributed by atoms with van der Waals surface area (Å²) in [5, 5.41) is 10.4. The lowest BCUT2D eigenvalue weighted by Gasteiger charge is -2.23. The number of nitrogens with one attached hydrogen (secondary N) is 2. The standard InChI is InChI=1S/C14H23N3O2S/c1-9(6-13-10(2)17-19-11(13)3)16-14(18)7-12-8-20-5-4-15-12/h9,12,15H,4-8H2,1-3H3,(H,16,18). The Kier molecular flexibility index (Phi) is 5.48. The average Bonchev–Trinajstić information content (AvgIpc) is 2.71. The van der Waals surface area contributed by atoms with Gasteiger partial charge in [-0.05, 0) is 27.2 Å². The molecule has 1 fully saturated rings. The van der Waals surface area contributed by atoms with E-state index in [1.807, 2.05) is 32.5 Å². The lowest BCUT2D eigenvalue weighted by molar-refractivity contribution is -0.122. The molecule has 0 bridgehead atoms. The second kappa shape index (κ2) is 7.13. The van der Waals surface area contributed by atoms with E-state index in [1.54, 1.807) is 0 Å². The van der Waals surface area contributed by atoms with Crippen LogP contribution in [-0.4, -0.2) is 41.2 Å². The highest BCUT2D eigenvalue weighted by molar-refractivity contribution is 7.99. The van der Waals surface area contributed by atoms with Crippen LogP contribution < -0.4 is 10.6 Å². The lowest BCUT2D eigenvalue weighted by atomic mass is 10.1. The van der Waals surface area contributed by atoms with Gasteiger partial charge in [0.25, 0.3) is 0 Å². The van der Waals surface area contributed by atoms with Crippen molar-refractivity contribution in [3.63, 3.8) is 0 Å². The van der Waals surface area contributed by atoms with Crippen molar-refractivity contribution in [3.8, 4) is 0 Å². The van der Waals surface area contributed by atoms with Crippen LogP contribution >= 0.6 is 11.8 Å². The van der Waals surface area contributed by atoms with E-state index in [4.69, 9.17) is 4.52 Å². The second-order valence-electron chi connectivity index (χ2n) is 5.41. The van der Waals surface area contributed by atoms with Gasteiger partial charge in [-0.3, -0.25) is 4.79 Å². The number of hydrogen-bond acceptors (Lipinski definition) is 5. The predicted octanol–water partition coefficient (Wildman–Crippen LogP) is 1.43. The van der Waals surface area contributed by atoms with Gasteiger partial charge in [0.1, 0.15) is 5.76 Å². The lowest BCUT2D eigenvalue weighted by Crippen LogP contribution is -2.43. The molecular weight excluding hydrogens is 274 g/mol. The van der Waals surface area contributed by atoms with Crippen molar-refractivity contribution in [2.24, 2.45) is 0 Å². The average molecular weight is 297 g/mol. The zero-order valence-corrected chi connectivity index (χ0v) is 13.2. The summed E-state index contributed by atoms with van der Waals surface area (Å²) < 4.78 is 5.15. The summed E-state index contributed by atoms with van der Waals surface area (Å²) in [4.78, 5) is 12.0. The summed E-state index contributed by atoms with van der Waals surface area (Å²) in [6.07, 6.45) is 1.32. The van der Waals surface area contributed by atoms with Crippen molar-refractivity contribution in [2.45, 2.75) is 45.7 Å². The Morgan fingerprint density at radius 2 is 2.40 bits per heavy atom. The first kappa shape index (κ1) is 15.4. The molecule has 1 aromatic heterocycles. The van der Waals surface area contributed by atoms with E-state index in [9.17, 15) is 4.79 Å². The molecule has 2 N–H and O–H groups in total. The van der Waals surface area contributed by atoms with Crippen LogP contribution in [0.3, 0.4) is 0 Å². The third-order valence-corrected chi connectivity index (χ3v) is 4.66. The van der Waals surface area contributed by atoms with Crippen LogP contribution in [-0.2, 0) is 11.2 Å². The molecule has 0 aliphatic carbocycles. The Hall–Kier alpha value is -1.01. The van der Waals surface area contributed by atoms with Crippen LogP contribution in [0.25, 0.3) is 0 Å². The zero-order chi connectivity index (χ0) is 14.5. The second-order valence-corrected chi connectivity index (χ2v) is 6.56. The van der Waals surface area contributed by atoms with Crippen LogP contribution in [0.5, 0.6) is 0 Å². The van der Waals surface area contributed by atoms with Gasteiger partial charge in [0.15, 0.2) is 0 Å². The number of thioether (sulfide) groups is 1. The van der Waals surface area contributed by atoms with E-state index in [2.05, 4.69) is 15.8 Å². The summed E-state index contributed by atoms with van der Waals surface area (Å²) in [5.74, 6) is 3.12. The molecule has 0 spiro atoms. The summed E-state index contributed by atoms with van der Waals surface area (Å²) in [6.45, 7) is 6.86. The number of hydrogen-bond donors (Lipinski definition) is 2. The fraction of sp³-hybridized carbons (Fsp3) is 0.714. The Morgan fingerprint density at radius 3 is 3.00 bits per heavy atom. The van der Waals surface area contributed by atoms with Gasteiger partial charge >= 0.3 is 0 Å². The summed E-state index contributed by atoms with van der Waals surface area (Å²) in [6, 6.07) is 0.399. The van der Waals surface area contributed by atoms with Crippen LogP contribution in [0, 0.1) is 13.8 Å². The minimum absolute atomic E-state index is 0.0931. The van der Waals surface area contributed by atoms with E-state index in [0.29, 0.717) is 12.5 Å². The number of amides is 1. The van der Waals surface area contributed by atoms with E-state index in [1.165, 1.54) is 0 Å². The van der Waals surface area contributed by atoms with Gasteiger partial charge in [-0.1, -0.05) is 5.16 Å². The molecule has 20 heavy (non-hydrogen) atoms. The van der Waals surface area contributed by atoms with Crippen molar-refractivity contribution in [1.29, 1.82) is 0 Å². The first-order valence-electron chi connectivity index (χ1n) is 7.08. The molecule has 1 aromatic rings. The van der Waals surface area contributed by atoms with Crippen LogP contribution in [0.15, 0.2) is 4.52 Å². The molecule has 2 rings (SSSR count). The van der Waals surface area contributed by atoms with Gasteiger partial charge in [-0.15, -0.1) is 0 Å². The topological polar surface area (TPSA) is 67.2 Å². The molecule has 2 heterocycles. The molecule has 2 unspecified atom stereocenters. The fourth-order valence-electron chi connectivity index (χ4n) is 2.46. The minimum Gasteiger partial charge on any atom is -0.361 e. The largest absolute Gasteiger partial charge is 0.361 e. The third kappa shape index (κ3) is 4.24.